The highest BCUT2D eigenvalue weighted by Gasteiger charge is 2.16. The first kappa shape index (κ1) is 11.0. The Hall–Kier alpha value is -1.52. The molecule has 1 aliphatic rings. The van der Waals surface area contributed by atoms with Gasteiger partial charge in [-0.1, -0.05) is 12.8 Å². The van der Waals surface area contributed by atoms with Gasteiger partial charge in [0.15, 0.2) is 0 Å². The Kier molecular flexibility index (Phi) is 3.44. The van der Waals surface area contributed by atoms with Crippen LogP contribution >= 0.6 is 0 Å². The summed E-state index contributed by atoms with van der Waals surface area (Å²) in [4.78, 5) is 11.6. The fourth-order valence-electron chi connectivity index (χ4n) is 2.03. The number of hydrogen-bond donors (Lipinski definition) is 2. The van der Waals surface area contributed by atoms with Crippen molar-refractivity contribution in [3.63, 3.8) is 0 Å². The second-order valence-electron chi connectivity index (χ2n) is 4.28. The average molecular weight is 222 g/mol. The number of anilines is 1. The molecule has 1 heterocycles. The molecule has 1 saturated carbocycles. The summed E-state index contributed by atoms with van der Waals surface area (Å²) >= 11 is 0. The largest absolute Gasteiger partial charge is 0.360 e. The zero-order chi connectivity index (χ0) is 11.4. The predicted molar refractivity (Wildman–Crippen MR) is 62.1 cm³/mol. The first-order chi connectivity index (χ1) is 7.74. The van der Waals surface area contributed by atoms with Crippen LogP contribution in [0, 0.1) is 0 Å². The summed E-state index contributed by atoms with van der Waals surface area (Å²) in [5, 5.41) is 10.2. The maximum absolute atomic E-state index is 11.6. The Morgan fingerprint density at radius 3 is 2.94 bits per heavy atom. The third-order valence-electron chi connectivity index (χ3n) is 2.86. The van der Waals surface area contributed by atoms with Crippen molar-refractivity contribution < 1.29 is 4.79 Å². The van der Waals surface area contributed by atoms with Crippen LogP contribution in [0.4, 0.5) is 5.82 Å². The Bertz CT molecular complexity index is 355. The maximum atomic E-state index is 11.6. The fourth-order valence-corrected chi connectivity index (χ4v) is 2.03. The van der Waals surface area contributed by atoms with E-state index in [2.05, 4.69) is 15.7 Å². The van der Waals surface area contributed by atoms with Crippen LogP contribution in [0.15, 0.2) is 12.3 Å². The van der Waals surface area contributed by atoms with Crippen LogP contribution < -0.4 is 10.6 Å². The van der Waals surface area contributed by atoms with Gasteiger partial charge >= 0.3 is 0 Å². The molecule has 1 amide bonds. The van der Waals surface area contributed by atoms with Crippen LogP contribution in [0.5, 0.6) is 0 Å². The quantitative estimate of drug-likeness (QED) is 0.795. The molecule has 1 aromatic rings. The lowest BCUT2D eigenvalue weighted by molar-refractivity contribution is -0.120. The number of aromatic nitrogens is 2. The van der Waals surface area contributed by atoms with E-state index in [9.17, 15) is 4.79 Å². The number of amides is 1. The van der Waals surface area contributed by atoms with Gasteiger partial charge in [0.2, 0.25) is 5.91 Å². The van der Waals surface area contributed by atoms with E-state index >= 15 is 0 Å². The minimum Gasteiger partial charge on any atom is -0.360 e. The van der Waals surface area contributed by atoms with Gasteiger partial charge in [-0.15, -0.1) is 0 Å². The molecule has 88 valence electrons. The van der Waals surface area contributed by atoms with E-state index in [-0.39, 0.29) is 5.91 Å². The summed E-state index contributed by atoms with van der Waals surface area (Å²) in [5.74, 6) is 0.793. The summed E-state index contributed by atoms with van der Waals surface area (Å²) in [5.41, 5.74) is 0. The van der Waals surface area contributed by atoms with E-state index in [0.29, 0.717) is 12.6 Å². The van der Waals surface area contributed by atoms with Gasteiger partial charge in [-0.05, 0) is 12.8 Å². The van der Waals surface area contributed by atoms with Crippen LogP contribution in [0.3, 0.4) is 0 Å². The molecule has 0 spiro atoms. The van der Waals surface area contributed by atoms with Crippen molar-refractivity contribution in [1.82, 2.24) is 15.1 Å². The summed E-state index contributed by atoms with van der Waals surface area (Å²) in [6.07, 6.45) is 6.55. The van der Waals surface area contributed by atoms with Gasteiger partial charge in [0, 0.05) is 25.4 Å². The van der Waals surface area contributed by atoms with E-state index in [1.165, 1.54) is 12.8 Å². The van der Waals surface area contributed by atoms with Gasteiger partial charge in [0.1, 0.15) is 5.82 Å². The highest BCUT2D eigenvalue weighted by Crippen LogP contribution is 2.17. The topological polar surface area (TPSA) is 59.0 Å². The lowest BCUT2D eigenvalue weighted by atomic mass is 10.2. The van der Waals surface area contributed by atoms with E-state index in [0.717, 1.165) is 18.7 Å². The summed E-state index contributed by atoms with van der Waals surface area (Å²) in [6, 6.07) is 2.24. The Labute approximate surface area is 95.2 Å². The molecule has 16 heavy (non-hydrogen) atoms. The average Bonchev–Trinajstić information content (AvgIpc) is 2.87. The molecule has 5 nitrogen and oxygen atoms in total. The van der Waals surface area contributed by atoms with E-state index in [1.54, 1.807) is 4.68 Å². The van der Waals surface area contributed by atoms with Gasteiger partial charge in [0.05, 0.1) is 6.54 Å². The molecule has 2 rings (SSSR count). The molecule has 5 heteroatoms. The third kappa shape index (κ3) is 2.98. The fraction of sp³-hybridized carbons (Fsp3) is 0.636. The summed E-state index contributed by atoms with van der Waals surface area (Å²) < 4.78 is 1.71. The zero-order valence-corrected chi connectivity index (χ0v) is 9.57. The molecular formula is C11H18N4O. The number of aryl methyl sites for hydroxylation is 1. The predicted octanol–water partition coefficient (Wildman–Crippen LogP) is 0.891. The minimum atomic E-state index is 0.0533. The molecule has 2 N–H and O–H groups in total. The first-order valence-electron chi connectivity index (χ1n) is 5.77. The molecule has 0 saturated heterocycles. The lowest BCUT2D eigenvalue weighted by Gasteiger charge is -2.11. The van der Waals surface area contributed by atoms with Crippen molar-refractivity contribution in [3.05, 3.63) is 12.3 Å². The molecular weight excluding hydrogens is 204 g/mol. The van der Waals surface area contributed by atoms with E-state index in [4.69, 9.17) is 0 Å². The van der Waals surface area contributed by atoms with Crippen molar-refractivity contribution in [2.75, 3.05) is 11.9 Å². The van der Waals surface area contributed by atoms with Gasteiger partial charge in [-0.2, -0.15) is 5.10 Å². The Morgan fingerprint density at radius 2 is 2.31 bits per heavy atom. The molecule has 1 fully saturated rings. The Balaban J connectivity index is 1.71. The molecule has 0 aromatic carbocycles. The highest BCUT2D eigenvalue weighted by atomic mass is 16.2. The number of carbonyl (C=O) groups is 1. The van der Waals surface area contributed by atoms with Crippen LogP contribution in [0.2, 0.25) is 0 Å². The minimum absolute atomic E-state index is 0.0533. The first-order valence-corrected chi connectivity index (χ1v) is 5.77. The lowest BCUT2D eigenvalue weighted by Crippen LogP contribution is -2.36. The number of hydrogen-bond acceptors (Lipinski definition) is 3. The van der Waals surface area contributed by atoms with Crippen LogP contribution in [0.1, 0.15) is 25.7 Å². The van der Waals surface area contributed by atoms with E-state index in [1.807, 2.05) is 19.3 Å². The molecule has 0 unspecified atom stereocenters. The Morgan fingerprint density at radius 1 is 1.56 bits per heavy atom. The third-order valence-corrected chi connectivity index (χ3v) is 2.86. The molecule has 0 atom stereocenters. The second-order valence-corrected chi connectivity index (χ2v) is 4.28. The number of rotatable bonds is 4. The number of carbonyl (C=O) groups excluding carboxylic acids is 1. The van der Waals surface area contributed by atoms with Gasteiger partial charge < -0.3 is 10.6 Å². The molecule has 0 bridgehead atoms. The zero-order valence-electron chi connectivity index (χ0n) is 9.57. The SMILES string of the molecule is Cn1ccc(NCC(=O)NC2CCCC2)n1. The second kappa shape index (κ2) is 5.01. The monoisotopic (exact) mass is 222 g/mol. The van der Waals surface area contributed by atoms with Gasteiger partial charge in [0.25, 0.3) is 0 Å². The molecule has 0 radical (unpaired) electrons. The summed E-state index contributed by atoms with van der Waals surface area (Å²) in [7, 11) is 1.85. The smallest absolute Gasteiger partial charge is 0.239 e. The standard InChI is InChI=1S/C11H18N4O/c1-15-7-6-10(14-15)12-8-11(16)13-9-4-2-3-5-9/h6-7,9H,2-5,8H2,1H3,(H,12,14)(H,13,16). The molecule has 1 aliphatic carbocycles. The van der Waals surface area contributed by atoms with Crippen LogP contribution in [0.25, 0.3) is 0 Å². The van der Waals surface area contributed by atoms with Crippen LogP contribution in [-0.4, -0.2) is 28.3 Å². The van der Waals surface area contributed by atoms with Crippen molar-refractivity contribution in [2.45, 2.75) is 31.7 Å². The summed E-state index contributed by atoms with van der Waals surface area (Å²) in [6.45, 7) is 0.299. The van der Waals surface area contributed by atoms with Gasteiger partial charge in [-0.25, -0.2) is 0 Å². The van der Waals surface area contributed by atoms with Crippen molar-refractivity contribution in [3.8, 4) is 0 Å². The van der Waals surface area contributed by atoms with Crippen LogP contribution in [-0.2, 0) is 11.8 Å². The molecule has 0 aliphatic heterocycles. The normalized spacial score (nSPS) is 16.3. The van der Waals surface area contributed by atoms with E-state index < -0.39 is 0 Å². The maximum Gasteiger partial charge on any atom is 0.239 e. The van der Waals surface area contributed by atoms with Crippen molar-refractivity contribution >= 4 is 11.7 Å². The molecule has 1 aromatic heterocycles. The van der Waals surface area contributed by atoms with Gasteiger partial charge in [-0.3, -0.25) is 9.48 Å². The highest BCUT2D eigenvalue weighted by molar-refractivity contribution is 5.80. The number of nitrogens with zero attached hydrogens (tertiary/aromatic N) is 2. The van der Waals surface area contributed by atoms with Crippen molar-refractivity contribution in [1.29, 1.82) is 0 Å². The van der Waals surface area contributed by atoms with Crippen molar-refractivity contribution in [2.24, 2.45) is 7.05 Å². The number of nitrogens with one attached hydrogen (secondary N) is 2.